The molecule has 0 fully saturated rings. The van der Waals surface area contributed by atoms with Gasteiger partial charge in [0.2, 0.25) is 0 Å². The van der Waals surface area contributed by atoms with E-state index in [0.717, 1.165) is 33.6 Å². The average molecular weight is 439 g/mol. The lowest BCUT2D eigenvalue weighted by atomic mass is 9.98. The molecule has 1 N–H and O–H groups in total. The van der Waals surface area contributed by atoms with E-state index in [1.165, 1.54) is 16.7 Å². The van der Waals surface area contributed by atoms with Crippen molar-refractivity contribution in [2.45, 2.75) is 39.7 Å². The minimum absolute atomic E-state index is 0.188. The zero-order valence-corrected chi connectivity index (χ0v) is 16.8. The van der Waals surface area contributed by atoms with E-state index in [1.54, 1.807) is 0 Å². The van der Waals surface area contributed by atoms with Gasteiger partial charge in [0.15, 0.2) is 0 Å². The van der Waals surface area contributed by atoms with Crippen LogP contribution in [0.1, 0.15) is 33.6 Å². The summed E-state index contributed by atoms with van der Waals surface area (Å²) in [5.74, 6) is 0.997. The number of aliphatic imine (C=N–C) groups is 1. The van der Waals surface area contributed by atoms with E-state index in [2.05, 4.69) is 75.6 Å². The lowest BCUT2D eigenvalue weighted by Gasteiger charge is -2.12. The smallest absolute Gasteiger partial charge is 0.130 e. The number of halogens is 2. The second-order valence-electron chi connectivity index (χ2n) is 5.79. The zero-order valence-electron chi connectivity index (χ0n) is 13.7. The van der Waals surface area contributed by atoms with E-state index in [0.29, 0.717) is 0 Å². The number of allylic oxidation sites excluding steroid dienone is 3. The summed E-state index contributed by atoms with van der Waals surface area (Å²) in [7, 11) is 0. The number of rotatable bonds is 4. The molecular formula is C18H21Br2N3. The molecule has 1 atom stereocenters. The van der Waals surface area contributed by atoms with Crippen LogP contribution in [-0.2, 0) is 0 Å². The van der Waals surface area contributed by atoms with Crippen LogP contribution in [0.15, 0.2) is 61.8 Å². The Morgan fingerprint density at radius 2 is 2.04 bits per heavy atom. The highest BCUT2D eigenvalue weighted by atomic mass is 79.9. The molecule has 3 nitrogen and oxygen atoms in total. The molecule has 1 aliphatic heterocycles. The number of hydrogen-bond donors (Lipinski definition) is 1. The Hall–Kier alpha value is -1.20. The number of pyridine rings is 1. The lowest BCUT2D eigenvalue weighted by molar-refractivity contribution is 0.772. The van der Waals surface area contributed by atoms with Crippen LogP contribution in [0.4, 0.5) is 5.69 Å². The summed E-state index contributed by atoms with van der Waals surface area (Å²) < 4.78 is 1.58. The molecule has 2 heterocycles. The monoisotopic (exact) mass is 437 g/mol. The minimum atomic E-state index is 0.188. The van der Waals surface area contributed by atoms with Crippen molar-refractivity contribution in [3.63, 3.8) is 0 Å². The fourth-order valence-electron chi connectivity index (χ4n) is 2.47. The minimum Gasteiger partial charge on any atom is -0.342 e. The second kappa shape index (κ2) is 8.06. The van der Waals surface area contributed by atoms with Crippen LogP contribution in [-0.4, -0.2) is 16.9 Å². The van der Waals surface area contributed by atoms with E-state index in [-0.39, 0.29) is 6.04 Å². The summed E-state index contributed by atoms with van der Waals surface area (Å²) >= 11 is 6.84. The van der Waals surface area contributed by atoms with E-state index in [9.17, 15) is 0 Å². The first kappa shape index (κ1) is 18.1. The van der Waals surface area contributed by atoms with Crippen molar-refractivity contribution in [3.05, 3.63) is 56.8 Å². The van der Waals surface area contributed by atoms with Gasteiger partial charge in [-0.3, -0.25) is 4.99 Å². The van der Waals surface area contributed by atoms with Gasteiger partial charge in [0.05, 0.1) is 11.7 Å². The Balaban J connectivity index is 2.23. The van der Waals surface area contributed by atoms with Gasteiger partial charge >= 0.3 is 0 Å². The van der Waals surface area contributed by atoms with Gasteiger partial charge in [-0.05, 0) is 82.3 Å². The molecular weight excluding hydrogens is 418 g/mol. The molecule has 0 saturated carbocycles. The van der Waals surface area contributed by atoms with Crippen LogP contribution >= 0.6 is 31.9 Å². The third-order valence-corrected chi connectivity index (χ3v) is 4.67. The highest BCUT2D eigenvalue weighted by Crippen LogP contribution is 2.28. The average Bonchev–Trinajstić information content (AvgIpc) is 2.95. The van der Waals surface area contributed by atoms with Crippen LogP contribution in [0, 0.1) is 0 Å². The van der Waals surface area contributed by atoms with E-state index < -0.39 is 0 Å². The number of hydrogen-bond acceptors (Lipinski definition) is 3. The maximum absolute atomic E-state index is 4.86. The quantitative estimate of drug-likeness (QED) is 0.458. The van der Waals surface area contributed by atoms with Gasteiger partial charge in [-0.25, -0.2) is 4.98 Å². The van der Waals surface area contributed by atoms with Crippen molar-refractivity contribution in [1.82, 2.24) is 4.98 Å². The summed E-state index contributed by atoms with van der Waals surface area (Å²) in [6.07, 6.45) is 6.06. The van der Waals surface area contributed by atoms with Gasteiger partial charge in [-0.15, -0.1) is 0 Å². The summed E-state index contributed by atoms with van der Waals surface area (Å²) in [5.41, 5.74) is 4.65. The van der Waals surface area contributed by atoms with Crippen molar-refractivity contribution in [1.29, 1.82) is 0 Å². The third kappa shape index (κ3) is 4.88. The van der Waals surface area contributed by atoms with Crippen LogP contribution in [0.2, 0.25) is 0 Å². The zero-order chi connectivity index (χ0) is 17.0. The van der Waals surface area contributed by atoms with Crippen molar-refractivity contribution in [2.24, 2.45) is 4.99 Å². The van der Waals surface area contributed by atoms with Crippen LogP contribution in [0.3, 0.4) is 0 Å². The maximum Gasteiger partial charge on any atom is 0.130 e. The highest BCUT2D eigenvalue weighted by molar-refractivity contribution is 9.11. The molecule has 122 valence electrons. The van der Waals surface area contributed by atoms with Gasteiger partial charge in [-0.1, -0.05) is 24.3 Å². The molecule has 1 aromatic heterocycles. The topological polar surface area (TPSA) is 37.3 Å². The first-order chi connectivity index (χ1) is 10.9. The SMILES string of the molecule is C=C/C(C)=C(\C=C(C)C)C1CCC(Nc2ccc(Br)nc2Br)=N1. The summed E-state index contributed by atoms with van der Waals surface area (Å²) in [6.45, 7) is 10.2. The second-order valence-corrected chi connectivity index (χ2v) is 7.36. The van der Waals surface area contributed by atoms with Gasteiger partial charge in [-0.2, -0.15) is 0 Å². The summed E-state index contributed by atoms with van der Waals surface area (Å²) in [5, 5.41) is 3.38. The van der Waals surface area contributed by atoms with Crippen molar-refractivity contribution in [2.75, 3.05) is 5.32 Å². The Kier molecular flexibility index (Phi) is 6.36. The van der Waals surface area contributed by atoms with Gasteiger partial charge in [0.1, 0.15) is 15.0 Å². The number of amidine groups is 1. The van der Waals surface area contributed by atoms with Crippen LogP contribution < -0.4 is 5.32 Å². The van der Waals surface area contributed by atoms with Gasteiger partial charge < -0.3 is 5.32 Å². The summed E-state index contributed by atoms with van der Waals surface area (Å²) in [6, 6.07) is 4.09. The predicted octanol–water partition coefficient (Wildman–Crippen LogP) is 6.05. The summed E-state index contributed by atoms with van der Waals surface area (Å²) in [4.78, 5) is 9.20. The first-order valence-corrected chi connectivity index (χ1v) is 9.13. The van der Waals surface area contributed by atoms with Crippen LogP contribution in [0.25, 0.3) is 0 Å². The molecule has 0 aromatic carbocycles. The standard InChI is InChI=1S/C18H21Br2N3/c1-5-12(4)13(10-11(2)3)14-7-9-17(21-14)22-15-6-8-16(19)23-18(15)20/h5-6,8,10,14H,1,7,9H2,2-4H3,(H,21,22)/b13-12+. The largest absolute Gasteiger partial charge is 0.342 e. The number of nitrogens with one attached hydrogen (secondary N) is 1. The molecule has 1 aliphatic rings. The fourth-order valence-corrected chi connectivity index (χ4v) is 3.44. The number of aromatic nitrogens is 1. The first-order valence-electron chi connectivity index (χ1n) is 7.54. The molecule has 23 heavy (non-hydrogen) atoms. The number of anilines is 1. The van der Waals surface area contributed by atoms with E-state index >= 15 is 0 Å². The third-order valence-electron chi connectivity index (χ3n) is 3.62. The molecule has 0 spiro atoms. The van der Waals surface area contributed by atoms with Gasteiger partial charge in [0, 0.05) is 6.42 Å². The van der Waals surface area contributed by atoms with Crippen molar-refractivity contribution >= 4 is 43.4 Å². The molecule has 5 heteroatoms. The van der Waals surface area contributed by atoms with Crippen molar-refractivity contribution < 1.29 is 0 Å². The highest BCUT2D eigenvalue weighted by Gasteiger charge is 2.21. The van der Waals surface area contributed by atoms with Gasteiger partial charge in [0.25, 0.3) is 0 Å². The molecule has 0 aliphatic carbocycles. The maximum atomic E-state index is 4.86. The lowest BCUT2D eigenvalue weighted by Crippen LogP contribution is -2.09. The molecule has 0 saturated heterocycles. The molecule has 0 bridgehead atoms. The Bertz CT molecular complexity index is 698. The molecule has 0 amide bonds. The van der Waals surface area contributed by atoms with E-state index in [1.807, 2.05) is 18.2 Å². The molecule has 1 aromatic rings. The molecule has 2 rings (SSSR count). The molecule has 1 unspecified atom stereocenters. The fraction of sp³-hybridized carbons (Fsp3) is 0.333. The van der Waals surface area contributed by atoms with E-state index in [4.69, 9.17) is 4.99 Å². The van der Waals surface area contributed by atoms with Crippen LogP contribution in [0.5, 0.6) is 0 Å². The van der Waals surface area contributed by atoms with Crippen molar-refractivity contribution in [3.8, 4) is 0 Å². The Labute approximate surface area is 155 Å². The Morgan fingerprint density at radius 1 is 1.30 bits per heavy atom. The Morgan fingerprint density at radius 3 is 2.65 bits per heavy atom. The molecule has 0 radical (unpaired) electrons. The normalized spacial score (nSPS) is 18.1. The number of nitrogens with zero attached hydrogens (tertiary/aromatic N) is 2. The predicted molar refractivity (Wildman–Crippen MR) is 106 cm³/mol.